The molecule has 0 unspecified atom stereocenters. The van der Waals surface area contributed by atoms with E-state index in [0.29, 0.717) is 4.32 Å². The van der Waals surface area contributed by atoms with E-state index < -0.39 is 23.1 Å². The summed E-state index contributed by atoms with van der Waals surface area (Å²) in [7, 11) is 6.15. The van der Waals surface area contributed by atoms with Crippen molar-refractivity contribution in [3.05, 3.63) is 0 Å². The van der Waals surface area contributed by atoms with E-state index in [0.717, 1.165) is 21.6 Å². The van der Waals surface area contributed by atoms with E-state index in [1.807, 2.05) is 0 Å². The van der Waals surface area contributed by atoms with Crippen molar-refractivity contribution >= 4 is 46.1 Å². The average molecular weight is 275 g/mol. The van der Waals surface area contributed by atoms with Gasteiger partial charge >= 0.3 is 6.03 Å². The summed E-state index contributed by atoms with van der Waals surface area (Å²) in [6.07, 6.45) is 0. The number of hydrogen-bond acceptors (Lipinski definition) is 5. The number of urea groups is 1. The molecule has 4 amide bonds. The number of carbonyl (C=O) groups excluding carboxylic acids is 3. The molecular formula is C9H13N3O3S2. The number of barbiturate groups is 1. The molecule has 6 nitrogen and oxygen atoms in total. The van der Waals surface area contributed by atoms with Crippen LogP contribution in [0, 0.1) is 0 Å². The first kappa shape index (κ1) is 13.9. The van der Waals surface area contributed by atoms with Gasteiger partial charge in [0.1, 0.15) is 4.32 Å². The zero-order valence-corrected chi connectivity index (χ0v) is 11.6. The van der Waals surface area contributed by atoms with Crippen molar-refractivity contribution in [2.24, 2.45) is 0 Å². The lowest BCUT2D eigenvalue weighted by Gasteiger charge is -2.32. The summed E-state index contributed by atoms with van der Waals surface area (Å²) in [6.45, 7) is 0. The number of nitrogens with zero attached hydrogens (tertiary/aromatic N) is 3. The molecule has 8 heteroatoms. The van der Waals surface area contributed by atoms with Crippen molar-refractivity contribution in [2.75, 3.05) is 28.2 Å². The van der Waals surface area contributed by atoms with Crippen LogP contribution in [0.1, 0.15) is 0 Å². The maximum absolute atomic E-state index is 11.8. The summed E-state index contributed by atoms with van der Waals surface area (Å²) in [5.74, 6) is -1.07. The predicted octanol–water partition coefficient (Wildman–Crippen LogP) is -0.0149. The molecule has 0 N–H and O–H groups in total. The Labute approximate surface area is 109 Å². The number of rotatable bonds is 1. The quantitative estimate of drug-likeness (QED) is 0.495. The Bertz CT molecular complexity index is 373. The minimum absolute atomic E-state index is 0.424. The molecule has 94 valence electrons. The van der Waals surface area contributed by atoms with Gasteiger partial charge in [-0.1, -0.05) is 24.0 Å². The third-order valence-electron chi connectivity index (χ3n) is 2.27. The molecule has 0 saturated carbocycles. The Morgan fingerprint density at radius 3 is 1.94 bits per heavy atom. The lowest BCUT2D eigenvalue weighted by Crippen LogP contribution is -2.58. The zero-order chi connectivity index (χ0) is 13.3. The number of hydrogen-bond donors (Lipinski definition) is 0. The molecule has 0 radical (unpaired) electrons. The molecule has 1 fully saturated rings. The summed E-state index contributed by atoms with van der Waals surface area (Å²) in [6, 6.07) is -0.618. The van der Waals surface area contributed by atoms with Gasteiger partial charge in [-0.15, -0.1) is 0 Å². The number of imide groups is 2. The van der Waals surface area contributed by atoms with Crippen molar-refractivity contribution in [3.8, 4) is 0 Å². The fraction of sp³-hybridized carbons (Fsp3) is 0.556. The Morgan fingerprint density at radius 1 is 1.18 bits per heavy atom. The summed E-state index contributed by atoms with van der Waals surface area (Å²) in [5, 5.41) is -0.974. The van der Waals surface area contributed by atoms with Crippen LogP contribution in [0.25, 0.3) is 0 Å². The minimum Gasteiger partial charge on any atom is -0.364 e. The number of thiocarbonyl (C=S) groups is 1. The van der Waals surface area contributed by atoms with E-state index in [1.54, 1.807) is 19.0 Å². The fourth-order valence-electron chi connectivity index (χ4n) is 1.18. The summed E-state index contributed by atoms with van der Waals surface area (Å²) in [5.41, 5.74) is 0. The Hall–Kier alpha value is -1.15. The van der Waals surface area contributed by atoms with Crippen LogP contribution in [-0.4, -0.2) is 70.3 Å². The van der Waals surface area contributed by atoms with E-state index >= 15 is 0 Å². The van der Waals surface area contributed by atoms with Gasteiger partial charge in [0.15, 0.2) is 5.25 Å². The Kier molecular flexibility index (Phi) is 4.10. The molecule has 1 rings (SSSR count). The van der Waals surface area contributed by atoms with Crippen LogP contribution in [0.15, 0.2) is 0 Å². The third kappa shape index (κ3) is 2.58. The van der Waals surface area contributed by atoms with Crippen molar-refractivity contribution in [1.82, 2.24) is 14.7 Å². The highest BCUT2D eigenvalue weighted by Gasteiger charge is 2.43. The lowest BCUT2D eigenvalue weighted by atomic mass is 10.3. The van der Waals surface area contributed by atoms with Crippen LogP contribution in [0.2, 0.25) is 0 Å². The molecule has 0 aromatic rings. The molecule has 1 heterocycles. The third-order valence-corrected chi connectivity index (χ3v) is 4.13. The molecule has 0 spiro atoms. The van der Waals surface area contributed by atoms with Crippen molar-refractivity contribution in [3.63, 3.8) is 0 Å². The fourth-order valence-corrected chi connectivity index (χ4v) is 2.40. The van der Waals surface area contributed by atoms with Crippen molar-refractivity contribution in [2.45, 2.75) is 5.25 Å². The van der Waals surface area contributed by atoms with Crippen molar-refractivity contribution < 1.29 is 14.4 Å². The van der Waals surface area contributed by atoms with Gasteiger partial charge in [-0.05, 0) is 0 Å². The van der Waals surface area contributed by atoms with Crippen LogP contribution in [-0.2, 0) is 9.59 Å². The topological polar surface area (TPSA) is 60.9 Å². The first-order chi connectivity index (χ1) is 7.77. The second kappa shape index (κ2) is 5.01. The standard InChI is InChI=1S/C9H13N3O3S2/c1-10(2)9(16)17-5-6(13)11(3)8(15)12(4)7(5)14/h5H,1-4H3. The molecule has 0 aromatic heterocycles. The summed E-state index contributed by atoms with van der Waals surface area (Å²) in [4.78, 5) is 38.6. The number of amides is 4. The smallest absolute Gasteiger partial charge is 0.332 e. The van der Waals surface area contributed by atoms with E-state index in [9.17, 15) is 14.4 Å². The number of thioether (sulfide) groups is 1. The summed E-state index contributed by atoms with van der Waals surface area (Å²) < 4.78 is 0.424. The molecule has 0 aromatic carbocycles. The first-order valence-corrected chi connectivity index (χ1v) is 6.03. The Balaban J connectivity index is 2.91. The second-order valence-electron chi connectivity index (χ2n) is 3.74. The molecule has 1 saturated heterocycles. The van der Waals surface area contributed by atoms with Gasteiger partial charge in [0.25, 0.3) is 11.8 Å². The normalized spacial score (nSPS) is 17.8. The van der Waals surface area contributed by atoms with Gasteiger partial charge in [0.2, 0.25) is 0 Å². The highest BCUT2D eigenvalue weighted by Crippen LogP contribution is 2.23. The Morgan fingerprint density at radius 2 is 1.59 bits per heavy atom. The van der Waals surface area contributed by atoms with Crippen LogP contribution in [0.5, 0.6) is 0 Å². The maximum atomic E-state index is 11.8. The SMILES string of the molecule is CN(C)C(=S)SC1C(=O)N(C)C(=O)N(C)C1=O. The van der Waals surface area contributed by atoms with E-state index in [2.05, 4.69) is 0 Å². The summed E-state index contributed by atoms with van der Waals surface area (Å²) >= 11 is 6.01. The molecule has 0 bridgehead atoms. The number of carbonyl (C=O) groups is 3. The van der Waals surface area contributed by atoms with Crippen LogP contribution in [0.3, 0.4) is 0 Å². The first-order valence-electron chi connectivity index (χ1n) is 4.74. The highest BCUT2D eigenvalue weighted by atomic mass is 32.2. The second-order valence-corrected chi connectivity index (χ2v) is 5.47. The average Bonchev–Trinajstić information content (AvgIpc) is 2.29. The molecule has 1 aliphatic heterocycles. The molecule has 1 aliphatic rings. The van der Waals surface area contributed by atoms with E-state index in [4.69, 9.17) is 12.2 Å². The predicted molar refractivity (Wildman–Crippen MR) is 68.6 cm³/mol. The van der Waals surface area contributed by atoms with Gasteiger partial charge in [0.05, 0.1) is 0 Å². The van der Waals surface area contributed by atoms with Crippen LogP contribution >= 0.6 is 24.0 Å². The van der Waals surface area contributed by atoms with Gasteiger partial charge < -0.3 is 4.90 Å². The monoisotopic (exact) mass is 275 g/mol. The van der Waals surface area contributed by atoms with Gasteiger partial charge in [0, 0.05) is 28.2 Å². The van der Waals surface area contributed by atoms with Crippen LogP contribution in [0.4, 0.5) is 4.79 Å². The van der Waals surface area contributed by atoms with E-state index in [-0.39, 0.29) is 0 Å². The largest absolute Gasteiger partial charge is 0.364 e. The molecule has 17 heavy (non-hydrogen) atoms. The van der Waals surface area contributed by atoms with Gasteiger partial charge in [-0.25, -0.2) is 4.79 Å². The van der Waals surface area contributed by atoms with Crippen molar-refractivity contribution in [1.29, 1.82) is 0 Å². The molecular weight excluding hydrogens is 262 g/mol. The van der Waals surface area contributed by atoms with E-state index in [1.165, 1.54) is 14.1 Å². The maximum Gasteiger partial charge on any atom is 0.332 e. The minimum atomic E-state index is -0.974. The highest BCUT2D eigenvalue weighted by molar-refractivity contribution is 8.24. The van der Waals surface area contributed by atoms with Gasteiger partial charge in [-0.2, -0.15) is 0 Å². The lowest BCUT2D eigenvalue weighted by molar-refractivity contribution is -0.139. The van der Waals surface area contributed by atoms with Gasteiger partial charge in [-0.3, -0.25) is 19.4 Å². The molecule has 0 atom stereocenters. The zero-order valence-electron chi connectivity index (χ0n) is 9.96. The molecule has 0 aliphatic carbocycles. The van der Waals surface area contributed by atoms with Crippen LogP contribution < -0.4 is 0 Å².